The molecule has 5 aliphatic heterocycles. The van der Waals surface area contributed by atoms with E-state index < -0.39 is 41.7 Å². The van der Waals surface area contributed by atoms with Crippen molar-refractivity contribution in [2.45, 2.75) is 62.9 Å². The van der Waals surface area contributed by atoms with Crippen LogP contribution in [0, 0.1) is 11.8 Å². The first-order valence-electron chi connectivity index (χ1n) is 15.5. The van der Waals surface area contributed by atoms with Crippen LogP contribution in [0.3, 0.4) is 0 Å². The van der Waals surface area contributed by atoms with Crippen molar-refractivity contribution in [3.8, 4) is 0 Å². The van der Waals surface area contributed by atoms with Crippen LogP contribution >= 0.6 is 15.9 Å². The molecule has 3 amide bonds. The lowest BCUT2D eigenvalue weighted by Crippen LogP contribution is -2.57. The summed E-state index contributed by atoms with van der Waals surface area (Å²) in [5, 5.41) is 12.1. The number of hydrogen-bond acceptors (Lipinski definition) is 9. The summed E-state index contributed by atoms with van der Waals surface area (Å²) in [6, 6.07) is -0.955. The fourth-order valence-electron chi connectivity index (χ4n) is 6.83. The van der Waals surface area contributed by atoms with E-state index in [9.17, 15) is 24.3 Å². The molecular weight excluding hydrogens is 624 g/mol. The van der Waals surface area contributed by atoms with E-state index in [1.807, 2.05) is 18.2 Å². The molecule has 43 heavy (non-hydrogen) atoms. The molecule has 0 aromatic rings. The molecule has 5 heterocycles. The number of esters is 1. The van der Waals surface area contributed by atoms with E-state index in [0.717, 1.165) is 13.1 Å². The number of unbranched alkanes of at least 4 members (excludes halogenated alkanes) is 2. The minimum atomic E-state index is -1.31. The Hall–Kier alpha value is -2.32. The zero-order valence-electron chi connectivity index (χ0n) is 24.7. The van der Waals surface area contributed by atoms with Crippen molar-refractivity contribution in [1.82, 2.24) is 20.0 Å². The molecule has 3 fully saturated rings. The molecule has 1 spiro atoms. The smallest absolute Gasteiger partial charge is 0.313 e. The number of carbonyl (C=O) groups excluding carboxylic acids is 4. The summed E-state index contributed by atoms with van der Waals surface area (Å²) < 4.78 is 18.4. The number of hydrogen-bond donors (Lipinski definition) is 2. The van der Waals surface area contributed by atoms with Gasteiger partial charge in [-0.3, -0.25) is 24.1 Å². The van der Waals surface area contributed by atoms with Gasteiger partial charge in [0, 0.05) is 56.8 Å². The van der Waals surface area contributed by atoms with Crippen LogP contribution in [0.4, 0.5) is 0 Å². The summed E-state index contributed by atoms with van der Waals surface area (Å²) in [5.41, 5.74) is -1.31. The van der Waals surface area contributed by atoms with Crippen molar-refractivity contribution in [2.75, 3.05) is 65.6 Å². The molecule has 12 nitrogen and oxygen atoms in total. The molecule has 0 saturated carbocycles. The maximum atomic E-state index is 14.6. The normalized spacial score (nSPS) is 34.7. The zero-order valence-corrected chi connectivity index (χ0v) is 26.3. The number of amides is 3. The van der Waals surface area contributed by atoms with Gasteiger partial charge in [-0.15, -0.1) is 0 Å². The monoisotopic (exact) mass is 666 g/mol. The van der Waals surface area contributed by atoms with Gasteiger partial charge in [0.1, 0.15) is 29.8 Å². The third-order valence-corrected chi connectivity index (χ3v) is 9.71. The molecule has 0 unspecified atom stereocenters. The van der Waals surface area contributed by atoms with Crippen molar-refractivity contribution in [3.05, 3.63) is 22.7 Å². The Morgan fingerprint density at radius 3 is 2.60 bits per heavy atom. The van der Waals surface area contributed by atoms with E-state index in [1.54, 1.807) is 16.7 Å². The first kappa shape index (κ1) is 32.1. The standard InChI is InChI=1S/C30H43BrN4O8/c1-20-19-32-22(37)8-4-2-5-9-34(12-11-33-13-16-41-17-14-33)28(39)26-30-18-21(31)25(43-30)23(29(40)42-20)24(30)27(38)35(26)10-6-3-7-15-36/h2,5,18,20,23-26,36H,3-4,6-17,19H2,1H3,(H,32,37)/b5-2-/t20-,23+,24-,25+,26+,30-/m0/s1. The Kier molecular flexibility index (Phi) is 10.6. The summed E-state index contributed by atoms with van der Waals surface area (Å²) >= 11 is 3.57. The van der Waals surface area contributed by atoms with Crippen LogP contribution in [0.1, 0.15) is 39.0 Å². The Morgan fingerprint density at radius 2 is 1.84 bits per heavy atom. The molecule has 5 rings (SSSR count). The van der Waals surface area contributed by atoms with E-state index >= 15 is 0 Å². The van der Waals surface area contributed by atoms with E-state index in [4.69, 9.17) is 14.2 Å². The van der Waals surface area contributed by atoms with Crippen LogP contribution < -0.4 is 5.32 Å². The predicted octanol–water partition coefficient (Wildman–Crippen LogP) is 0.581. The Morgan fingerprint density at radius 1 is 1.05 bits per heavy atom. The summed E-state index contributed by atoms with van der Waals surface area (Å²) in [6.45, 7) is 6.45. The quantitative estimate of drug-likeness (QED) is 0.216. The number of fused-ring (bicyclic) bond motifs is 2. The molecule has 0 radical (unpaired) electrons. The molecule has 2 N–H and O–H groups in total. The van der Waals surface area contributed by atoms with E-state index in [2.05, 4.69) is 26.1 Å². The maximum absolute atomic E-state index is 14.6. The Bertz CT molecular complexity index is 1130. The van der Waals surface area contributed by atoms with Gasteiger partial charge < -0.3 is 34.4 Å². The third-order valence-electron chi connectivity index (χ3n) is 9.03. The molecular formula is C30H43BrN4O8. The molecule has 13 heteroatoms. The fourth-order valence-corrected chi connectivity index (χ4v) is 7.56. The number of nitrogens with one attached hydrogen (secondary N) is 1. The minimum Gasteiger partial charge on any atom is -0.460 e. The van der Waals surface area contributed by atoms with Gasteiger partial charge in [0.15, 0.2) is 0 Å². The number of carbonyl (C=O) groups is 4. The van der Waals surface area contributed by atoms with Crippen molar-refractivity contribution < 1.29 is 38.5 Å². The van der Waals surface area contributed by atoms with Crippen molar-refractivity contribution in [2.24, 2.45) is 11.8 Å². The number of halogens is 1. The van der Waals surface area contributed by atoms with E-state index in [-0.39, 0.29) is 37.3 Å². The van der Waals surface area contributed by atoms with Gasteiger partial charge in [-0.05, 0) is 38.7 Å². The zero-order chi connectivity index (χ0) is 30.6. The second-order valence-corrected chi connectivity index (χ2v) is 12.9. The summed E-state index contributed by atoms with van der Waals surface area (Å²) in [5.74, 6) is -3.12. The number of ether oxygens (including phenoxy) is 3. The van der Waals surface area contributed by atoms with E-state index in [0.29, 0.717) is 69.6 Å². The number of rotatable bonds is 8. The number of nitrogens with zero attached hydrogens (tertiary/aromatic N) is 3. The molecule has 0 aliphatic carbocycles. The SMILES string of the molecule is C[C@H]1CNC(=O)CC/C=C\CN(CCN2CCOCC2)C(=O)[C@H]2N(CCCCCO)C(=O)[C@@H]3[C@@H](C(=O)O1)[C@@H]1O[C@@]32C=C1Br. The van der Waals surface area contributed by atoms with Crippen LogP contribution in [0.5, 0.6) is 0 Å². The Labute approximate surface area is 260 Å². The predicted molar refractivity (Wildman–Crippen MR) is 159 cm³/mol. The highest BCUT2D eigenvalue weighted by molar-refractivity contribution is 9.11. The number of likely N-dealkylation sites (tertiary alicyclic amines) is 1. The number of morpholine rings is 1. The lowest BCUT2D eigenvalue weighted by atomic mass is 9.74. The van der Waals surface area contributed by atoms with Gasteiger partial charge in [-0.1, -0.05) is 28.1 Å². The molecule has 238 valence electrons. The highest BCUT2D eigenvalue weighted by Gasteiger charge is 2.74. The number of allylic oxidation sites excluding steroid dienone is 1. The van der Waals surface area contributed by atoms with Gasteiger partial charge in [0.05, 0.1) is 25.7 Å². The topological polar surface area (TPSA) is 138 Å². The van der Waals surface area contributed by atoms with Crippen molar-refractivity contribution in [3.63, 3.8) is 0 Å². The maximum Gasteiger partial charge on any atom is 0.313 e. The lowest BCUT2D eigenvalue weighted by Gasteiger charge is -2.37. The van der Waals surface area contributed by atoms with Gasteiger partial charge in [-0.25, -0.2) is 0 Å². The second kappa shape index (κ2) is 14.2. The average molecular weight is 668 g/mol. The third kappa shape index (κ3) is 6.70. The van der Waals surface area contributed by atoms with Gasteiger partial charge in [0.25, 0.3) is 0 Å². The highest BCUT2D eigenvalue weighted by atomic mass is 79.9. The number of cyclic esters (lactones) is 1. The first-order valence-corrected chi connectivity index (χ1v) is 16.2. The van der Waals surface area contributed by atoms with Crippen LogP contribution in [0.2, 0.25) is 0 Å². The number of aliphatic hydroxyl groups is 1. The fraction of sp³-hybridized carbons (Fsp3) is 0.733. The lowest BCUT2D eigenvalue weighted by molar-refractivity contribution is -0.158. The molecule has 3 saturated heterocycles. The first-order chi connectivity index (χ1) is 20.8. The van der Waals surface area contributed by atoms with Crippen LogP contribution in [-0.4, -0.2) is 133 Å². The largest absolute Gasteiger partial charge is 0.460 e. The molecule has 0 aromatic carbocycles. The molecule has 0 aromatic heterocycles. The van der Waals surface area contributed by atoms with Crippen LogP contribution in [0.15, 0.2) is 22.7 Å². The molecule has 5 aliphatic rings. The summed E-state index contributed by atoms with van der Waals surface area (Å²) in [7, 11) is 0. The van der Waals surface area contributed by atoms with Crippen LogP contribution in [-0.2, 0) is 33.4 Å². The van der Waals surface area contributed by atoms with E-state index in [1.165, 1.54) is 0 Å². The average Bonchev–Trinajstić information content (AvgIpc) is 3.58. The Balaban J connectivity index is 1.49. The number of aliphatic hydroxyl groups excluding tert-OH is 1. The minimum absolute atomic E-state index is 0.0531. The second-order valence-electron chi connectivity index (χ2n) is 11.9. The van der Waals surface area contributed by atoms with Gasteiger partial charge in [-0.2, -0.15) is 0 Å². The van der Waals surface area contributed by atoms with Gasteiger partial charge in [0.2, 0.25) is 17.7 Å². The molecule has 6 atom stereocenters. The van der Waals surface area contributed by atoms with Gasteiger partial charge >= 0.3 is 5.97 Å². The van der Waals surface area contributed by atoms with Crippen LogP contribution in [0.25, 0.3) is 0 Å². The van der Waals surface area contributed by atoms with Crippen molar-refractivity contribution in [1.29, 1.82) is 0 Å². The highest BCUT2D eigenvalue weighted by Crippen LogP contribution is 2.58. The summed E-state index contributed by atoms with van der Waals surface area (Å²) in [6.07, 6.45) is 6.93. The van der Waals surface area contributed by atoms with Crippen molar-refractivity contribution >= 4 is 39.6 Å². The molecule has 5 bridgehead atoms. The summed E-state index contributed by atoms with van der Waals surface area (Å²) in [4.78, 5) is 60.4.